The smallest absolute Gasteiger partial charge is 0.393 e. The molecule has 5 aliphatic rings. The molecule has 3 saturated carbocycles. The van der Waals surface area contributed by atoms with Crippen LogP contribution >= 0.6 is 23.8 Å². The minimum Gasteiger partial charge on any atom is -0.393 e. The van der Waals surface area contributed by atoms with Gasteiger partial charge in [-0.05, 0) is 86.6 Å². The number of carbonyl (C=O) groups excluding carboxylic acids is 5. The van der Waals surface area contributed by atoms with Crippen molar-refractivity contribution in [1.29, 1.82) is 0 Å². The lowest BCUT2D eigenvalue weighted by Gasteiger charge is -2.59. The molecular formula is C45H55BrN3O13P. The lowest BCUT2D eigenvalue weighted by molar-refractivity contribution is -0.200. The Balaban J connectivity index is 0.965. The summed E-state index contributed by atoms with van der Waals surface area (Å²) < 4.78 is 35.6. The van der Waals surface area contributed by atoms with E-state index in [9.17, 15) is 43.4 Å². The number of nitrogens with one attached hydrogen (secondary N) is 3. The SMILES string of the molecule is C[C@H](NC(=O)CBr)C(=O)N[C@@H](C)C(=O)NCOCc1ccc(Cc2ccc([C@@H]3O[C@@H]4C[C@H]5[C@@H]6CCC7=CC(=O)C=C[C@]7(C)[C@H]6[C@@H](O)C[C@]5(C)[C@]4(C(=O)COP(=O)(O)O)O3)cc2)cc1. The number of phosphoric acid groups is 1. The van der Waals surface area contributed by atoms with Crippen LogP contribution in [0.5, 0.6) is 0 Å². The molecule has 0 aromatic heterocycles. The minimum atomic E-state index is -5.01. The van der Waals surface area contributed by atoms with Gasteiger partial charge in [0.1, 0.15) is 25.4 Å². The summed E-state index contributed by atoms with van der Waals surface area (Å²) in [6, 6.07) is 13.8. The number of rotatable bonds is 16. The molecule has 18 heteroatoms. The third-order valence-corrected chi connectivity index (χ3v) is 14.9. The Hall–Kier alpha value is -3.90. The van der Waals surface area contributed by atoms with Crippen molar-refractivity contribution < 1.29 is 62.2 Å². The molecule has 1 saturated heterocycles. The van der Waals surface area contributed by atoms with Crippen molar-refractivity contribution in [1.82, 2.24) is 16.0 Å². The summed E-state index contributed by atoms with van der Waals surface area (Å²) in [5.41, 5.74) is 1.42. The zero-order chi connectivity index (χ0) is 45.5. The molecule has 2 aromatic rings. The predicted molar refractivity (Wildman–Crippen MR) is 230 cm³/mol. The van der Waals surface area contributed by atoms with Crippen molar-refractivity contribution in [2.24, 2.45) is 28.6 Å². The van der Waals surface area contributed by atoms with Crippen LogP contribution in [0.15, 0.2) is 72.3 Å². The molecule has 4 fully saturated rings. The van der Waals surface area contributed by atoms with E-state index in [1.165, 1.54) is 13.8 Å². The first-order valence-electron chi connectivity index (χ1n) is 21.1. The fourth-order valence-corrected chi connectivity index (χ4v) is 11.4. The van der Waals surface area contributed by atoms with E-state index in [1.54, 1.807) is 12.2 Å². The number of benzene rings is 2. The van der Waals surface area contributed by atoms with Gasteiger partial charge in [-0.2, -0.15) is 0 Å². The van der Waals surface area contributed by atoms with Gasteiger partial charge in [0.25, 0.3) is 0 Å². The highest BCUT2D eigenvalue weighted by Gasteiger charge is 2.76. The number of allylic oxidation sites excluding steroid dienone is 4. The fourth-order valence-electron chi connectivity index (χ4n) is 10.9. The molecule has 6 N–H and O–H groups in total. The van der Waals surface area contributed by atoms with Gasteiger partial charge in [0.2, 0.25) is 17.7 Å². The first-order valence-corrected chi connectivity index (χ1v) is 23.8. The first-order chi connectivity index (χ1) is 29.8. The number of hydrogen-bond acceptors (Lipinski definition) is 11. The number of aliphatic hydroxyl groups is 1. The molecular weight excluding hydrogens is 901 g/mol. The van der Waals surface area contributed by atoms with Crippen molar-refractivity contribution in [3.63, 3.8) is 0 Å². The Kier molecular flexibility index (Phi) is 13.8. The van der Waals surface area contributed by atoms with Gasteiger partial charge in [0, 0.05) is 22.3 Å². The summed E-state index contributed by atoms with van der Waals surface area (Å²) in [5, 5.41) is 19.7. The van der Waals surface area contributed by atoms with E-state index in [2.05, 4.69) is 38.8 Å². The summed E-state index contributed by atoms with van der Waals surface area (Å²) in [7, 11) is -5.01. The summed E-state index contributed by atoms with van der Waals surface area (Å²) >= 11 is 3.02. The Bertz CT molecular complexity index is 2210. The van der Waals surface area contributed by atoms with Gasteiger partial charge in [-0.3, -0.25) is 28.5 Å². The average Bonchev–Trinajstić information content (AvgIpc) is 3.74. The molecule has 1 aliphatic heterocycles. The Morgan fingerprint density at radius 2 is 1.62 bits per heavy atom. The van der Waals surface area contributed by atoms with Crippen LogP contribution in [0.2, 0.25) is 0 Å². The van der Waals surface area contributed by atoms with Crippen LogP contribution in [0.25, 0.3) is 0 Å². The van der Waals surface area contributed by atoms with E-state index in [4.69, 9.17) is 18.7 Å². The molecule has 0 radical (unpaired) electrons. The van der Waals surface area contributed by atoms with Crippen molar-refractivity contribution in [2.45, 2.75) is 103 Å². The molecule has 11 atom stereocenters. The van der Waals surface area contributed by atoms with Crippen LogP contribution in [-0.2, 0) is 60.3 Å². The number of phosphoric ester groups is 1. The van der Waals surface area contributed by atoms with Gasteiger partial charge in [-0.25, -0.2) is 4.57 Å². The molecule has 1 heterocycles. The highest BCUT2D eigenvalue weighted by molar-refractivity contribution is 9.09. The largest absolute Gasteiger partial charge is 0.470 e. The second-order valence-electron chi connectivity index (χ2n) is 17.9. The highest BCUT2D eigenvalue weighted by atomic mass is 79.9. The number of halogens is 1. The number of hydrogen-bond donors (Lipinski definition) is 6. The van der Waals surface area contributed by atoms with Crippen LogP contribution in [0.4, 0.5) is 0 Å². The maximum Gasteiger partial charge on any atom is 0.470 e. The summed E-state index contributed by atoms with van der Waals surface area (Å²) in [5.74, 6) is -2.36. The zero-order valence-electron chi connectivity index (χ0n) is 35.6. The number of ketones is 2. The second-order valence-corrected chi connectivity index (χ2v) is 19.7. The number of ether oxygens (including phenoxy) is 3. The molecule has 16 nitrogen and oxygen atoms in total. The van der Waals surface area contributed by atoms with Crippen LogP contribution < -0.4 is 16.0 Å². The van der Waals surface area contributed by atoms with Crippen LogP contribution in [0.3, 0.4) is 0 Å². The first kappa shape index (κ1) is 47.1. The van der Waals surface area contributed by atoms with E-state index in [0.717, 1.165) is 22.3 Å². The van der Waals surface area contributed by atoms with E-state index < -0.39 is 79.0 Å². The highest BCUT2D eigenvalue weighted by Crippen LogP contribution is 2.70. The molecule has 0 bridgehead atoms. The molecule has 0 unspecified atom stereocenters. The van der Waals surface area contributed by atoms with E-state index in [-0.39, 0.29) is 54.5 Å². The van der Waals surface area contributed by atoms with Crippen molar-refractivity contribution in [3.05, 3.63) is 94.6 Å². The van der Waals surface area contributed by atoms with Crippen molar-refractivity contribution in [2.75, 3.05) is 18.7 Å². The third-order valence-electron chi connectivity index (χ3n) is 14.0. The number of carbonyl (C=O) groups is 5. The average molecular weight is 957 g/mol. The third kappa shape index (κ3) is 9.45. The standard InChI is InChI=1S/C45H55BrN3O13P/c1-25(49-41(55)26(2)48-38(53)21-46)40(54)47-24-59-22-29-7-5-27(6-8-29)17-28-9-11-30(12-10-28)42-61-37-19-34-33-14-13-31-18-32(50)15-16-43(31,3)39(33)35(51)20-44(34,4)45(37,62-42)36(52)23-60-63(56,57)58/h5-12,15-16,18,25-26,33-35,37,39,42,51H,13-14,17,19-24H2,1-4H3,(H,47,54)(H,48,53)(H,49,55)(H2,56,57,58)/t25-,26-,33-,34-,35-,37+,39+,42+,43-,44-,45+/m0/s1. The Morgan fingerprint density at radius 1 is 0.968 bits per heavy atom. The quantitative estimate of drug-likeness (QED) is 0.0605. The fraction of sp³-hybridized carbons (Fsp3) is 0.533. The number of Topliss-reactive ketones (excluding diaryl/α,β-unsaturated/α-hetero) is 1. The zero-order valence-corrected chi connectivity index (χ0v) is 38.1. The van der Waals surface area contributed by atoms with Gasteiger partial charge in [-0.15, -0.1) is 0 Å². The Morgan fingerprint density at radius 3 is 2.29 bits per heavy atom. The lowest BCUT2D eigenvalue weighted by Crippen LogP contribution is -2.63. The molecule has 3 amide bonds. The number of fused-ring (bicyclic) bond motifs is 7. The molecule has 7 rings (SSSR count). The molecule has 2 aromatic carbocycles. The van der Waals surface area contributed by atoms with Crippen molar-refractivity contribution in [3.8, 4) is 0 Å². The van der Waals surface area contributed by atoms with E-state index in [0.29, 0.717) is 31.2 Å². The van der Waals surface area contributed by atoms with Gasteiger partial charge in [0.15, 0.2) is 23.5 Å². The number of aliphatic hydroxyl groups excluding tert-OH is 1. The monoisotopic (exact) mass is 955 g/mol. The van der Waals surface area contributed by atoms with Gasteiger partial charge < -0.3 is 45.1 Å². The van der Waals surface area contributed by atoms with Crippen LogP contribution in [-0.4, -0.2) is 92.7 Å². The topological polar surface area (TPSA) is 236 Å². The number of alkyl halides is 1. The van der Waals surface area contributed by atoms with E-state index in [1.807, 2.05) is 61.5 Å². The summed E-state index contributed by atoms with van der Waals surface area (Å²) in [4.78, 5) is 82.0. The van der Waals surface area contributed by atoms with Crippen LogP contribution in [0.1, 0.15) is 81.9 Å². The minimum absolute atomic E-state index is 0.0380. The van der Waals surface area contributed by atoms with Gasteiger partial charge in [-0.1, -0.05) is 90.0 Å². The normalized spacial score (nSPS) is 31.7. The molecule has 340 valence electrons. The van der Waals surface area contributed by atoms with Gasteiger partial charge >= 0.3 is 7.82 Å². The van der Waals surface area contributed by atoms with Crippen molar-refractivity contribution >= 4 is 53.0 Å². The van der Waals surface area contributed by atoms with E-state index >= 15 is 0 Å². The molecule has 63 heavy (non-hydrogen) atoms. The number of amides is 3. The maximum absolute atomic E-state index is 14.4. The molecule has 0 spiro atoms. The summed E-state index contributed by atoms with van der Waals surface area (Å²) in [6.45, 7) is 6.32. The Labute approximate surface area is 374 Å². The molecule has 4 aliphatic carbocycles. The maximum atomic E-state index is 14.4. The lowest BCUT2D eigenvalue weighted by atomic mass is 9.46. The second kappa shape index (κ2) is 18.5. The predicted octanol–water partition coefficient (Wildman–Crippen LogP) is 3.99. The van der Waals surface area contributed by atoms with Crippen LogP contribution in [0, 0.1) is 28.6 Å². The summed E-state index contributed by atoms with van der Waals surface area (Å²) in [6.07, 6.45) is 5.16. The van der Waals surface area contributed by atoms with Gasteiger partial charge in [0.05, 0.1) is 24.1 Å².